The fourth-order valence-corrected chi connectivity index (χ4v) is 4.70. The third-order valence-corrected chi connectivity index (χ3v) is 6.85. The van der Waals surface area contributed by atoms with Crippen molar-refractivity contribution in [2.24, 2.45) is 0 Å². The van der Waals surface area contributed by atoms with Gasteiger partial charge in [0.25, 0.3) is 0 Å². The Balaban J connectivity index is 1.71. The summed E-state index contributed by atoms with van der Waals surface area (Å²) in [6.45, 7) is 2.77. The van der Waals surface area contributed by atoms with E-state index in [2.05, 4.69) is 16.1 Å². The first-order valence-corrected chi connectivity index (χ1v) is 12.3. The fraction of sp³-hybridized carbons (Fsp3) is 0.435. The van der Waals surface area contributed by atoms with Gasteiger partial charge in [-0.25, -0.2) is 13.1 Å². The van der Waals surface area contributed by atoms with Gasteiger partial charge in [-0.05, 0) is 49.9 Å². The van der Waals surface area contributed by atoms with E-state index in [0.29, 0.717) is 19.4 Å². The highest BCUT2D eigenvalue weighted by Gasteiger charge is 2.29. The van der Waals surface area contributed by atoms with Gasteiger partial charge in [-0.2, -0.15) is 0 Å². The predicted molar refractivity (Wildman–Crippen MR) is 121 cm³/mol. The zero-order valence-electron chi connectivity index (χ0n) is 17.7. The third-order valence-electron chi connectivity index (χ3n) is 5.43. The Kier molecular flexibility index (Phi) is 8.06. The summed E-state index contributed by atoms with van der Waals surface area (Å²) >= 11 is 0. The molecule has 3 rings (SSSR count). The number of rotatable bonds is 11. The van der Waals surface area contributed by atoms with Crippen molar-refractivity contribution in [3.63, 3.8) is 0 Å². The quantitative estimate of drug-likeness (QED) is 0.459. The van der Waals surface area contributed by atoms with Crippen LogP contribution in [0.15, 0.2) is 48.5 Å². The number of sulfonamides is 1. The van der Waals surface area contributed by atoms with Crippen LogP contribution in [-0.2, 0) is 21.2 Å². The molecule has 2 aromatic carbocycles. The molecule has 1 saturated heterocycles. The van der Waals surface area contributed by atoms with Crippen molar-refractivity contribution in [1.82, 2.24) is 10.0 Å². The molecule has 0 saturated carbocycles. The molecule has 2 unspecified atom stereocenters. The number of carboxylic acids is 1. The number of carbonyl (C=O) groups is 1. The third kappa shape index (κ3) is 6.78. The van der Waals surface area contributed by atoms with Crippen LogP contribution in [0.4, 0.5) is 0 Å². The van der Waals surface area contributed by atoms with Crippen LogP contribution < -0.4 is 14.8 Å². The Morgan fingerprint density at radius 1 is 1.23 bits per heavy atom. The van der Waals surface area contributed by atoms with Crippen LogP contribution in [0.25, 0.3) is 11.1 Å². The van der Waals surface area contributed by atoms with Gasteiger partial charge in [-0.15, -0.1) is 0 Å². The maximum absolute atomic E-state index is 12.0. The minimum absolute atomic E-state index is 0.0408. The van der Waals surface area contributed by atoms with Crippen molar-refractivity contribution in [3.05, 3.63) is 54.1 Å². The predicted octanol–water partition coefficient (Wildman–Crippen LogP) is 2.81. The Morgan fingerprint density at radius 3 is 2.81 bits per heavy atom. The highest BCUT2D eigenvalue weighted by molar-refractivity contribution is 7.89. The molecule has 2 atom stereocenters. The molecule has 0 spiro atoms. The van der Waals surface area contributed by atoms with Crippen LogP contribution in [0.5, 0.6) is 5.75 Å². The number of para-hydroxylation sites is 1. The van der Waals surface area contributed by atoms with Gasteiger partial charge in [0.05, 0.1) is 12.4 Å². The second-order valence-electron chi connectivity index (χ2n) is 7.72. The van der Waals surface area contributed by atoms with E-state index in [-0.39, 0.29) is 24.3 Å². The topological polar surface area (TPSA) is 105 Å². The molecule has 0 aliphatic carbocycles. The highest BCUT2D eigenvalue weighted by atomic mass is 32.2. The van der Waals surface area contributed by atoms with Crippen molar-refractivity contribution in [2.45, 2.75) is 44.7 Å². The zero-order valence-corrected chi connectivity index (χ0v) is 18.5. The van der Waals surface area contributed by atoms with Crippen LogP contribution in [-0.4, -0.2) is 50.5 Å². The molecule has 7 nitrogen and oxygen atoms in total. The smallest absolute Gasteiger partial charge is 0.303 e. The minimum Gasteiger partial charge on any atom is -0.493 e. The first-order chi connectivity index (χ1) is 14.9. The molecule has 3 N–H and O–H groups in total. The molecule has 0 amide bonds. The maximum Gasteiger partial charge on any atom is 0.303 e. The van der Waals surface area contributed by atoms with Gasteiger partial charge >= 0.3 is 5.97 Å². The molecule has 1 fully saturated rings. The van der Waals surface area contributed by atoms with Crippen LogP contribution in [0, 0.1) is 0 Å². The Morgan fingerprint density at radius 2 is 2.03 bits per heavy atom. The molecular weight excluding hydrogens is 416 g/mol. The normalized spacial score (nSPS) is 18.7. The number of aliphatic carboxylic acids is 1. The largest absolute Gasteiger partial charge is 0.493 e. The molecule has 168 valence electrons. The molecule has 2 aromatic rings. The average Bonchev–Trinajstić information content (AvgIpc) is 3.17. The SMILES string of the molecule is CCS(=O)(=O)NC1CCNC1Cc1cccc(-c2ccccc2OCCCC(=O)O)c1. The summed E-state index contributed by atoms with van der Waals surface area (Å²) in [5.74, 6) is -0.0307. The van der Waals surface area contributed by atoms with Gasteiger partial charge in [0, 0.05) is 24.1 Å². The standard InChI is InChI=1S/C23H30N2O5S/c1-2-31(28,29)25-20-12-13-24-21(20)16-17-7-5-8-18(15-17)19-9-3-4-10-22(19)30-14-6-11-23(26)27/h3-5,7-10,15,20-21,24-25H,2,6,11-14,16H2,1H3,(H,26,27). The lowest BCUT2D eigenvalue weighted by Crippen LogP contribution is -2.45. The summed E-state index contributed by atoms with van der Waals surface area (Å²) in [5.41, 5.74) is 3.07. The van der Waals surface area contributed by atoms with Gasteiger partial charge in [-0.3, -0.25) is 4.79 Å². The molecular formula is C23H30N2O5S. The van der Waals surface area contributed by atoms with Gasteiger partial charge in [0.2, 0.25) is 10.0 Å². The number of hydrogen-bond acceptors (Lipinski definition) is 5. The van der Waals surface area contributed by atoms with Gasteiger partial charge in [0.1, 0.15) is 5.75 Å². The van der Waals surface area contributed by atoms with E-state index in [1.54, 1.807) is 6.92 Å². The summed E-state index contributed by atoms with van der Waals surface area (Å²) in [7, 11) is -3.24. The van der Waals surface area contributed by atoms with Gasteiger partial charge < -0.3 is 15.2 Å². The second kappa shape index (κ2) is 10.7. The van der Waals surface area contributed by atoms with E-state index in [1.165, 1.54) is 0 Å². The molecule has 0 bridgehead atoms. The minimum atomic E-state index is -3.24. The number of ether oxygens (including phenoxy) is 1. The van der Waals surface area contributed by atoms with Crippen LogP contribution in [0.2, 0.25) is 0 Å². The summed E-state index contributed by atoms with van der Waals surface area (Å²) in [4.78, 5) is 10.7. The average molecular weight is 447 g/mol. The zero-order chi connectivity index (χ0) is 22.3. The first-order valence-electron chi connectivity index (χ1n) is 10.6. The lowest BCUT2D eigenvalue weighted by atomic mass is 9.97. The molecule has 8 heteroatoms. The molecule has 0 aromatic heterocycles. The molecule has 0 radical (unpaired) electrons. The number of benzene rings is 2. The summed E-state index contributed by atoms with van der Waals surface area (Å²) in [6.07, 6.45) is 2.02. The second-order valence-corrected chi connectivity index (χ2v) is 9.77. The van der Waals surface area contributed by atoms with E-state index >= 15 is 0 Å². The van der Waals surface area contributed by atoms with E-state index in [4.69, 9.17) is 9.84 Å². The van der Waals surface area contributed by atoms with Crippen LogP contribution >= 0.6 is 0 Å². The Labute approximate surface area is 183 Å². The highest BCUT2D eigenvalue weighted by Crippen LogP contribution is 2.31. The van der Waals surface area contributed by atoms with E-state index < -0.39 is 16.0 Å². The van der Waals surface area contributed by atoms with Crippen LogP contribution in [0.1, 0.15) is 31.7 Å². The lowest BCUT2D eigenvalue weighted by Gasteiger charge is -2.21. The summed E-state index contributed by atoms with van der Waals surface area (Å²) in [5, 5.41) is 12.2. The molecule has 31 heavy (non-hydrogen) atoms. The Hall–Kier alpha value is -2.42. The van der Waals surface area contributed by atoms with Gasteiger partial charge in [-0.1, -0.05) is 42.5 Å². The molecule has 1 aliphatic heterocycles. The molecule has 1 heterocycles. The van der Waals surface area contributed by atoms with Crippen LogP contribution in [0.3, 0.4) is 0 Å². The Bertz CT molecular complexity index is 993. The first kappa shape index (κ1) is 23.2. The summed E-state index contributed by atoms with van der Waals surface area (Å²) < 4.78 is 32.6. The van der Waals surface area contributed by atoms with E-state index in [9.17, 15) is 13.2 Å². The van der Waals surface area contributed by atoms with Crippen molar-refractivity contribution >= 4 is 16.0 Å². The van der Waals surface area contributed by atoms with E-state index in [0.717, 1.165) is 35.4 Å². The van der Waals surface area contributed by atoms with Crippen molar-refractivity contribution in [3.8, 4) is 16.9 Å². The van der Waals surface area contributed by atoms with Gasteiger partial charge in [0.15, 0.2) is 0 Å². The monoisotopic (exact) mass is 446 g/mol. The lowest BCUT2D eigenvalue weighted by molar-refractivity contribution is -0.137. The summed E-state index contributed by atoms with van der Waals surface area (Å²) in [6, 6.07) is 15.8. The number of carboxylic acid groups (broad SMARTS) is 1. The van der Waals surface area contributed by atoms with E-state index in [1.807, 2.05) is 42.5 Å². The fourth-order valence-electron chi connectivity index (χ4n) is 3.79. The van der Waals surface area contributed by atoms with Crippen molar-refractivity contribution in [1.29, 1.82) is 0 Å². The number of hydrogen-bond donors (Lipinski definition) is 3. The van der Waals surface area contributed by atoms with Crippen molar-refractivity contribution < 1.29 is 23.1 Å². The molecule has 1 aliphatic rings. The number of nitrogens with one attached hydrogen (secondary N) is 2. The maximum atomic E-state index is 12.0. The van der Waals surface area contributed by atoms with Crippen molar-refractivity contribution in [2.75, 3.05) is 18.9 Å².